The van der Waals surface area contributed by atoms with E-state index in [2.05, 4.69) is 29.6 Å². The maximum atomic E-state index is 13.1. The van der Waals surface area contributed by atoms with Gasteiger partial charge in [0.15, 0.2) is 6.04 Å². The fourth-order valence-electron chi connectivity index (χ4n) is 4.73. The molecule has 4 rings (SSSR count). The fraction of sp³-hybridized carbons (Fsp3) is 0.355. The van der Waals surface area contributed by atoms with Crippen LogP contribution in [0.1, 0.15) is 50.3 Å². The summed E-state index contributed by atoms with van der Waals surface area (Å²) in [7, 11) is 1.59. The number of nitrogens with one attached hydrogen (secondary N) is 1. The van der Waals surface area contributed by atoms with Crippen molar-refractivity contribution in [2.24, 2.45) is 0 Å². The number of hydrogen-bond donors (Lipinski definition) is 1. The molecular weight excluding hydrogens is 482 g/mol. The number of carbonyl (C=O) groups is 2. The maximum Gasteiger partial charge on any atom is 0.407 e. The lowest BCUT2D eigenvalue weighted by Crippen LogP contribution is -2.51. The molecule has 0 radical (unpaired) electrons. The molecule has 1 amide bonds. The number of rotatable bonds is 9. The minimum Gasteiger partial charge on any atom is -0.497 e. The van der Waals surface area contributed by atoms with E-state index >= 15 is 0 Å². The zero-order chi connectivity index (χ0) is 27.3. The van der Waals surface area contributed by atoms with E-state index in [1.807, 2.05) is 57.2 Å². The molecule has 1 aliphatic carbocycles. The van der Waals surface area contributed by atoms with Crippen molar-refractivity contribution in [2.75, 3.05) is 13.7 Å². The Kier molecular flexibility index (Phi) is 8.37. The lowest BCUT2D eigenvalue weighted by atomic mass is 9.98. The van der Waals surface area contributed by atoms with Crippen molar-refractivity contribution in [3.8, 4) is 16.9 Å². The second-order valence-corrected chi connectivity index (χ2v) is 10.3. The fourth-order valence-corrected chi connectivity index (χ4v) is 4.73. The molecule has 1 aliphatic rings. The summed E-state index contributed by atoms with van der Waals surface area (Å²) in [6.07, 6.45) is -1.36. The number of esters is 1. The molecule has 0 aliphatic heterocycles. The van der Waals surface area contributed by atoms with Crippen molar-refractivity contribution in [2.45, 2.75) is 58.0 Å². The third-order valence-corrected chi connectivity index (χ3v) is 6.42. The first-order chi connectivity index (χ1) is 18.2. The molecule has 3 aromatic carbocycles. The number of ether oxygens (including phenoxy) is 4. The molecule has 0 fully saturated rings. The predicted molar refractivity (Wildman–Crippen MR) is 145 cm³/mol. The molecule has 0 bridgehead atoms. The highest BCUT2D eigenvalue weighted by Crippen LogP contribution is 2.44. The van der Waals surface area contributed by atoms with Crippen LogP contribution in [0.2, 0.25) is 0 Å². The molecule has 0 saturated carbocycles. The number of alkyl carbamates (subject to hydrolysis) is 1. The van der Waals surface area contributed by atoms with Crippen molar-refractivity contribution in [1.82, 2.24) is 5.32 Å². The molecule has 0 spiro atoms. The number of benzene rings is 3. The smallest absolute Gasteiger partial charge is 0.407 e. The minimum atomic E-state index is -1.05. The van der Waals surface area contributed by atoms with Crippen molar-refractivity contribution in [3.63, 3.8) is 0 Å². The van der Waals surface area contributed by atoms with Crippen LogP contribution in [0.25, 0.3) is 11.1 Å². The monoisotopic (exact) mass is 517 g/mol. The predicted octanol–water partition coefficient (Wildman–Crippen LogP) is 5.85. The Hall–Kier alpha value is -3.84. The van der Waals surface area contributed by atoms with E-state index in [0.29, 0.717) is 5.75 Å². The molecule has 7 heteroatoms. The number of amides is 1. The Morgan fingerprint density at radius 1 is 0.868 bits per heavy atom. The molecule has 0 saturated heterocycles. The highest BCUT2D eigenvalue weighted by atomic mass is 16.6. The third kappa shape index (κ3) is 6.53. The van der Waals surface area contributed by atoms with Gasteiger partial charge in [-0.3, -0.25) is 0 Å². The summed E-state index contributed by atoms with van der Waals surface area (Å²) < 4.78 is 22.4. The van der Waals surface area contributed by atoms with E-state index in [1.165, 1.54) is 0 Å². The summed E-state index contributed by atoms with van der Waals surface area (Å²) in [5.74, 6) is 0.0185. The van der Waals surface area contributed by atoms with Gasteiger partial charge in [-0.05, 0) is 67.6 Å². The van der Waals surface area contributed by atoms with E-state index in [9.17, 15) is 9.59 Å². The van der Waals surface area contributed by atoms with E-state index in [0.717, 1.165) is 27.8 Å². The maximum absolute atomic E-state index is 13.1. The molecule has 0 heterocycles. The van der Waals surface area contributed by atoms with Crippen LogP contribution in [-0.2, 0) is 25.6 Å². The molecule has 38 heavy (non-hydrogen) atoms. The number of hydrogen-bond acceptors (Lipinski definition) is 6. The zero-order valence-corrected chi connectivity index (χ0v) is 22.5. The second kappa shape index (κ2) is 11.7. The third-order valence-electron chi connectivity index (χ3n) is 6.42. The van der Waals surface area contributed by atoms with Gasteiger partial charge < -0.3 is 24.3 Å². The first-order valence-electron chi connectivity index (χ1n) is 12.7. The van der Waals surface area contributed by atoms with Crippen molar-refractivity contribution >= 4 is 12.1 Å². The van der Waals surface area contributed by atoms with Crippen LogP contribution in [0, 0.1) is 0 Å². The van der Waals surface area contributed by atoms with Crippen molar-refractivity contribution < 1.29 is 28.5 Å². The van der Waals surface area contributed by atoms with Crippen LogP contribution >= 0.6 is 0 Å². The number of carbonyl (C=O) groups excluding carboxylic acids is 2. The Morgan fingerprint density at radius 2 is 1.45 bits per heavy atom. The van der Waals surface area contributed by atoms with Crippen LogP contribution in [0.4, 0.5) is 4.79 Å². The van der Waals surface area contributed by atoms with E-state index in [1.54, 1.807) is 26.2 Å². The summed E-state index contributed by atoms with van der Waals surface area (Å²) in [5.41, 5.74) is 4.77. The molecule has 0 unspecified atom stereocenters. The number of fused-ring (bicyclic) bond motifs is 3. The summed E-state index contributed by atoms with van der Waals surface area (Å²) in [5, 5.41) is 2.68. The highest BCUT2D eigenvalue weighted by Gasteiger charge is 2.34. The minimum absolute atomic E-state index is 0.0495. The quantitative estimate of drug-likeness (QED) is 0.359. The Labute approximate surface area is 224 Å². The first kappa shape index (κ1) is 27.2. The van der Waals surface area contributed by atoms with Gasteiger partial charge in [-0.2, -0.15) is 0 Å². The van der Waals surface area contributed by atoms with Crippen LogP contribution in [0.15, 0.2) is 72.8 Å². The molecule has 3 aromatic rings. The van der Waals surface area contributed by atoms with Gasteiger partial charge in [0.2, 0.25) is 0 Å². The Morgan fingerprint density at radius 3 is 2.00 bits per heavy atom. The van der Waals surface area contributed by atoms with Gasteiger partial charge in [-0.15, -0.1) is 0 Å². The van der Waals surface area contributed by atoms with Crippen LogP contribution in [0.3, 0.4) is 0 Å². The van der Waals surface area contributed by atoms with E-state index in [-0.39, 0.29) is 19.1 Å². The summed E-state index contributed by atoms with van der Waals surface area (Å²) in [6.45, 7) is 7.58. The standard InChI is InChI=1S/C31H35NO6/c1-20(38-31(2,3)4)28(29(33)36-18-21-14-16-22(35-5)17-15-21)32-30(34)37-19-27-25-12-8-6-10-23(25)24-11-7-9-13-26(24)27/h6-17,20,27-28H,18-19H2,1-5H3,(H,32,34)/t20-,28+/m1/s1. The van der Waals surface area contributed by atoms with Crippen LogP contribution in [0.5, 0.6) is 5.75 Å². The summed E-state index contributed by atoms with van der Waals surface area (Å²) >= 11 is 0. The van der Waals surface area contributed by atoms with Gasteiger partial charge in [0.25, 0.3) is 0 Å². The molecule has 200 valence electrons. The van der Waals surface area contributed by atoms with Crippen molar-refractivity contribution in [1.29, 1.82) is 0 Å². The molecule has 0 aromatic heterocycles. The molecule has 2 atom stereocenters. The van der Waals surface area contributed by atoms with Crippen molar-refractivity contribution in [3.05, 3.63) is 89.5 Å². The van der Waals surface area contributed by atoms with E-state index < -0.39 is 29.8 Å². The van der Waals surface area contributed by atoms with Crippen LogP contribution in [-0.4, -0.2) is 43.5 Å². The van der Waals surface area contributed by atoms with Gasteiger partial charge in [0.1, 0.15) is 19.0 Å². The average Bonchev–Trinajstić information content (AvgIpc) is 3.22. The summed E-state index contributed by atoms with van der Waals surface area (Å²) in [4.78, 5) is 26.0. The van der Waals surface area contributed by atoms with Gasteiger partial charge in [0.05, 0.1) is 18.8 Å². The zero-order valence-electron chi connectivity index (χ0n) is 22.5. The van der Waals surface area contributed by atoms with E-state index in [4.69, 9.17) is 18.9 Å². The Bertz CT molecular complexity index is 1220. The SMILES string of the molecule is COc1ccc(COC(=O)[C@@H](NC(=O)OCC2c3ccccc3-c3ccccc32)[C@@H](C)OC(C)(C)C)cc1. The first-order valence-corrected chi connectivity index (χ1v) is 12.7. The molecule has 1 N–H and O–H groups in total. The normalized spacial score (nSPS) is 14.1. The highest BCUT2D eigenvalue weighted by molar-refractivity contribution is 5.82. The number of methoxy groups -OCH3 is 1. The Balaban J connectivity index is 1.42. The lowest BCUT2D eigenvalue weighted by Gasteiger charge is -2.30. The largest absolute Gasteiger partial charge is 0.497 e. The van der Waals surface area contributed by atoms with Gasteiger partial charge in [-0.25, -0.2) is 9.59 Å². The van der Waals surface area contributed by atoms with Crippen LogP contribution < -0.4 is 10.1 Å². The van der Waals surface area contributed by atoms with Gasteiger partial charge >= 0.3 is 12.1 Å². The lowest BCUT2D eigenvalue weighted by molar-refractivity contribution is -0.154. The molecular formula is C31H35NO6. The molecule has 7 nitrogen and oxygen atoms in total. The van der Waals surface area contributed by atoms with Gasteiger partial charge in [-0.1, -0.05) is 60.7 Å². The second-order valence-electron chi connectivity index (χ2n) is 10.3. The van der Waals surface area contributed by atoms with Gasteiger partial charge in [0, 0.05) is 5.92 Å². The topological polar surface area (TPSA) is 83.1 Å². The summed E-state index contributed by atoms with van der Waals surface area (Å²) in [6, 6.07) is 22.4. The average molecular weight is 518 g/mol.